The normalized spacial score (nSPS) is 17.8. The molecule has 0 spiro atoms. The second-order valence-electron chi connectivity index (χ2n) is 10.6. The van der Waals surface area contributed by atoms with Crippen LogP contribution >= 0.6 is 0 Å². The van der Waals surface area contributed by atoms with Crippen LogP contribution in [-0.4, -0.2) is 103 Å². The van der Waals surface area contributed by atoms with Crippen LogP contribution in [0.15, 0.2) is 30.6 Å². The van der Waals surface area contributed by atoms with Crippen molar-refractivity contribution in [2.24, 2.45) is 11.3 Å². The number of aromatic nitrogens is 3. The van der Waals surface area contributed by atoms with Gasteiger partial charge in [-0.2, -0.15) is 0 Å². The SMILES string of the molecule is C=C1C=CC(=O)N1Cc1cn(CCOCCOCCOCCOCCC(=O)N2CCC(C(C)(C)C)C2)nn1. The highest BCUT2D eigenvalue weighted by Crippen LogP contribution is 2.33. The highest BCUT2D eigenvalue weighted by molar-refractivity contribution is 5.92. The number of hydrogen-bond donors (Lipinski definition) is 0. The van der Waals surface area contributed by atoms with Gasteiger partial charge in [0.25, 0.3) is 5.91 Å². The minimum absolute atomic E-state index is 0.0954. The molecule has 1 aromatic rings. The molecule has 1 aromatic heterocycles. The van der Waals surface area contributed by atoms with Gasteiger partial charge in [0.2, 0.25) is 5.91 Å². The summed E-state index contributed by atoms with van der Waals surface area (Å²) in [5.41, 5.74) is 1.60. The quantitative estimate of drug-likeness (QED) is 0.280. The van der Waals surface area contributed by atoms with Gasteiger partial charge in [0, 0.05) is 24.9 Å². The Morgan fingerprint density at radius 3 is 2.21 bits per heavy atom. The largest absolute Gasteiger partial charge is 0.379 e. The van der Waals surface area contributed by atoms with E-state index in [1.807, 2.05) is 4.90 Å². The summed E-state index contributed by atoms with van der Waals surface area (Å²) >= 11 is 0. The lowest BCUT2D eigenvalue weighted by Crippen LogP contribution is -2.31. The molecule has 1 fully saturated rings. The third-order valence-corrected chi connectivity index (χ3v) is 6.74. The Hall–Kier alpha value is -2.60. The second kappa shape index (κ2) is 15.1. The van der Waals surface area contributed by atoms with E-state index in [-0.39, 0.29) is 17.2 Å². The van der Waals surface area contributed by atoms with E-state index in [1.165, 1.54) is 6.08 Å². The zero-order valence-electron chi connectivity index (χ0n) is 23.1. The molecule has 3 rings (SSSR count). The van der Waals surface area contributed by atoms with Gasteiger partial charge in [-0.3, -0.25) is 9.59 Å². The first-order valence-electron chi connectivity index (χ1n) is 13.4. The standard InChI is InChI=1S/C27H43N5O6/c1-22-5-6-26(34)32(22)21-24-20-31(29-28-24)10-12-36-14-16-38-18-17-37-15-13-35-11-8-25(33)30-9-7-23(19-30)27(2,3)4/h5-6,20,23H,1,7-19,21H2,2-4H3. The molecule has 3 heterocycles. The maximum Gasteiger partial charge on any atom is 0.251 e. The summed E-state index contributed by atoms with van der Waals surface area (Å²) in [7, 11) is 0. The van der Waals surface area contributed by atoms with Gasteiger partial charge in [0.15, 0.2) is 0 Å². The molecular weight excluding hydrogens is 490 g/mol. The van der Waals surface area contributed by atoms with Gasteiger partial charge in [-0.25, -0.2) is 4.68 Å². The Kier molecular flexibility index (Phi) is 11.9. The van der Waals surface area contributed by atoms with Gasteiger partial charge in [-0.15, -0.1) is 5.10 Å². The molecule has 212 valence electrons. The summed E-state index contributed by atoms with van der Waals surface area (Å²) in [5.74, 6) is 0.656. The van der Waals surface area contributed by atoms with Crippen LogP contribution in [0.25, 0.3) is 0 Å². The van der Waals surface area contributed by atoms with Crippen molar-refractivity contribution in [2.75, 3.05) is 65.9 Å². The molecule has 38 heavy (non-hydrogen) atoms. The molecule has 2 amide bonds. The molecule has 0 aromatic carbocycles. The van der Waals surface area contributed by atoms with Crippen molar-refractivity contribution in [3.63, 3.8) is 0 Å². The van der Waals surface area contributed by atoms with Crippen molar-refractivity contribution in [3.05, 3.63) is 36.3 Å². The number of carbonyl (C=O) groups is 2. The molecule has 0 saturated carbocycles. The van der Waals surface area contributed by atoms with E-state index in [4.69, 9.17) is 18.9 Å². The van der Waals surface area contributed by atoms with Crippen molar-refractivity contribution in [1.29, 1.82) is 0 Å². The lowest BCUT2D eigenvalue weighted by Gasteiger charge is -2.27. The lowest BCUT2D eigenvalue weighted by molar-refractivity contribution is -0.131. The van der Waals surface area contributed by atoms with Crippen molar-refractivity contribution in [3.8, 4) is 0 Å². The van der Waals surface area contributed by atoms with Crippen LogP contribution in [0.3, 0.4) is 0 Å². The third kappa shape index (κ3) is 9.94. The molecule has 2 aliphatic rings. The van der Waals surface area contributed by atoms with Gasteiger partial charge in [0.1, 0.15) is 5.69 Å². The van der Waals surface area contributed by atoms with Gasteiger partial charge >= 0.3 is 0 Å². The number of carbonyl (C=O) groups excluding carboxylic acids is 2. The lowest BCUT2D eigenvalue weighted by atomic mass is 9.80. The number of ether oxygens (including phenoxy) is 4. The molecule has 0 radical (unpaired) electrons. The molecule has 0 aliphatic carbocycles. The fraction of sp³-hybridized carbons (Fsp3) is 0.704. The Balaban J connectivity index is 1.08. The predicted molar refractivity (Wildman–Crippen MR) is 141 cm³/mol. The van der Waals surface area contributed by atoms with Crippen molar-refractivity contribution >= 4 is 11.8 Å². The first kappa shape index (κ1) is 29.9. The average Bonchev–Trinajstić information content (AvgIpc) is 3.62. The van der Waals surface area contributed by atoms with E-state index in [1.54, 1.807) is 21.9 Å². The molecule has 0 N–H and O–H groups in total. The zero-order valence-corrected chi connectivity index (χ0v) is 23.1. The summed E-state index contributed by atoms with van der Waals surface area (Å²) in [5, 5.41) is 8.15. The van der Waals surface area contributed by atoms with Crippen LogP contribution in [0, 0.1) is 11.3 Å². The van der Waals surface area contributed by atoms with Crippen LogP contribution < -0.4 is 0 Å². The fourth-order valence-electron chi connectivity index (χ4n) is 4.28. The number of allylic oxidation sites excluding steroid dienone is 1. The predicted octanol–water partition coefficient (Wildman–Crippen LogP) is 2.04. The number of likely N-dealkylation sites (tertiary alicyclic amines) is 1. The van der Waals surface area contributed by atoms with E-state index in [2.05, 4.69) is 37.7 Å². The Labute approximate surface area is 225 Å². The highest BCUT2D eigenvalue weighted by atomic mass is 16.6. The summed E-state index contributed by atoms with van der Waals surface area (Å²) in [6.07, 6.45) is 6.49. The fourth-order valence-corrected chi connectivity index (χ4v) is 4.28. The highest BCUT2D eigenvalue weighted by Gasteiger charge is 2.33. The van der Waals surface area contributed by atoms with E-state index in [0.717, 1.165) is 19.5 Å². The average molecular weight is 534 g/mol. The smallest absolute Gasteiger partial charge is 0.251 e. The van der Waals surface area contributed by atoms with Crippen molar-refractivity contribution < 1.29 is 28.5 Å². The molecule has 11 heteroatoms. The van der Waals surface area contributed by atoms with Crippen LogP contribution in [0.2, 0.25) is 0 Å². The molecule has 1 saturated heterocycles. The number of rotatable bonds is 17. The minimum Gasteiger partial charge on any atom is -0.379 e. The molecule has 1 atom stereocenters. The van der Waals surface area contributed by atoms with E-state index >= 15 is 0 Å². The van der Waals surface area contributed by atoms with Gasteiger partial charge in [0.05, 0.1) is 78.6 Å². The third-order valence-electron chi connectivity index (χ3n) is 6.74. The Morgan fingerprint density at radius 1 is 1.00 bits per heavy atom. The van der Waals surface area contributed by atoms with Crippen LogP contribution in [0.5, 0.6) is 0 Å². The molecule has 1 unspecified atom stereocenters. The minimum atomic E-state index is -0.0954. The van der Waals surface area contributed by atoms with E-state index < -0.39 is 0 Å². The maximum absolute atomic E-state index is 12.3. The molecule has 0 bridgehead atoms. The van der Waals surface area contributed by atoms with Crippen molar-refractivity contribution in [2.45, 2.75) is 46.7 Å². The Morgan fingerprint density at radius 2 is 1.63 bits per heavy atom. The summed E-state index contributed by atoms with van der Waals surface area (Å²) in [6, 6.07) is 0. The summed E-state index contributed by atoms with van der Waals surface area (Å²) in [4.78, 5) is 27.6. The van der Waals surface area contributed by atoms with Crippen molar-refractivity contribution in [1.82, 2.24) is 24.8 Å². The van der Waals surface area contributed by atoms with E-state index in [9.17, 15) is 9.59 Å². The maximum atomic E-state index is 12.3. The molecule has 11 nitrogen and oxygen atoms in total. The zero-order chi connectivity index (χ0) is 27.4. The monoisotopic (exact) mass is 533 g/mol. The van der Waals surface area contributed by atoms with Crippen LogP contribution in [0.1, 0.15) is 39.3 Å². The molecular formula is C27H43N5O6. The van der Waals surface area contributed by atoms with Crippen LogP contribution in [0.4, 0.5) is 0 Å². The van der Waals surface area contributed by atoms with E-state index in [0.29, 0.717) is 89.7 Å². The number of nitrogens with zero attached hydrogens (tertiary/aromatic N) is 5. The van der Waals surface area contributed by atoms with Gasteiger partial charge in [-0.1, -0.05) is 32.6 Å². The van der Waals surface area contributed by atoms with Gasteiger partial charge in [-0.05, 0) is 23.8 Å². The number of amides is 2. The first-order valence-corrected chi connectivity index (χ1v) is 13.4. The summed E-state index contributed by atoms with van der Waals surface area (Å²) < 4.78 is 23.8. The topological polar surface area (TPSA) is 108 Å². The van der Waals surface area contributed by atoms with Gasteiger partial charge < -0.3 is 28.7 Å². The molecule has 2 aliphatic heterocycles. The Bertz CT molecular complexity index is 923. The summed E-state index contributed by atoms with van der Waals surface area (Å²) in [6.45, 7) is 16.9. The number of hydrogen-bond acceptors (Lipinski definition) is 8. The van der Waals surface area contributed by atoms with Crippen LogP contribution in [-0.2, 0) is 41.6 Å². The first-order chi connectivity index (χ1) is 18.2. The second-order valence-corrected chi connectivity index (χ2v) is 10.6.